The van der Waals surface area contributed by atoms with Gasteiger partial charge in [-0.15, -0.1) is 0 Å². The highest BCUT2D eigenvalue weighted by Gasteiger charge is 2.23. The van der Waals surface area contributed by atoms with E-state index in [0.717, 1.165) is 47.8 Å². The minimum atomic E-state index is -0.156. The van der Waals surface area contributed by atoms with Crippen molar-refractivity contribution in [3.63, 3.8) is 0 Å². The van der Waals surface area contributed by atoms with Crippen molar-refractivity contribution < 1.29 is 4.79 Å². The number of halogens is 3. The molecule has 2 amide bonds. The first-order valence-corrected chi connectivity index (χ1v) is 12.3. The Hall–Kier alpha value is -2.54. The van der Waals surface area contributed by atoms with Gasteiger partial charge in [-0.05, 0) is 56.2 Å². The molecule has 3 aromatic rings. The van der Waals surface area contributed by atoms with E-state index in [1.807, 2.05) is 43.0 Å². The maximum absolute atomic E-state index is 12.9. The second kappa shape index (κ2) is 10.8. The Labute approximate surface area is 214 Å². The van der Waals surface area contributed by atoms with Crippen LogP contribution in [0.25, 0.3) is 0 Å². The maximum atomic E-state index is 12.9. The van der Waals surface area contributed by atoms with E-state index in [9.17, 15) is 4.79 Å². The van der Waals surface area contributed by atoms with Gasteiger partial charge in [0.25, 0.3) is 0 Å². The molecule has 0 aliphatic carbocycles. The van der Waals surface area contributed by atoms with Crippen LogP contribution in [-0.4, -0.2) is 47.1 Å². The summed E-state index contributed by atoms with van der Waals surface area (Å²) >= 11 is 18.1. The molecule has 178 valence electrons. The standard InChI is InChI=1S/C25H26Cl3N5O/c1-16-21(14-18-4-6-19(26)7-5-18)24(30-17(2)29-16)32-10-3-11-33(13-12-32)25(34)31-20-8-9-22(27)23(28)15-20/h4-9,15H,3,10-14H2,1-2H3,(H,31,34). The number of rotatable bonds is 4. The number of carbonyl (C=O) groups is 1. The summed E-state index contributed by atoms with van der Waals surface area (Å²) in [5.41, 5.74) is 3.84. The highest BCUT2D eigenvalue weighted by molar-refractivity contribution is 6.42. The second-order valence-corrected chi connectivity index (χ2v) is 9.60. The predicted molar refractivity (Wildman–Crippen MR) is 140 cm³/mol. The van der Waals surface area contributed by atoms with E-state index in [1.54, 1.807) is 18.2 Å². The average molecular weight is 519 g/mol. The number of aryl methyl sites for hydroxylation is 2. The minimum Gasteiger partial charge on any atom is -0.354 e. The molecule has 1 aliphatic heterocycles. The largest absolute Gasteiger partial charge is 0.354 e. The van der Waals surface area contributed by atoms with E-state index >= 15 is 0 Å². The molecule has 1 saturated heterocycles. The number of benzene rings is 2. The van der Waals surface area contributed by atoms with E-state index in [2.05, 4.69) is 15.2 Å². The molecule has 0 unspecified atom stereocenters. The normalized spacial score (nSPS) is 14.1. The fourth-order valence-corrected chi connectivity index (χ4v) is 4.53. The molecule has 34 heavy (non-hydrogen) atoms. The number of nitrogens with zero attached hydrogens (tertiary/aromatic N) is 4. The van der Waals surface area contributed by atoms with Crippen molar-refractivity contribution in [1.82, 2.24) is 14.9 Å². The Morgan fingerprint density at radius 2 is 1.71 bits per heavy atom. The fourth-order valence-electron chi connectivity index (χ4n) is 4.10. The molecule has 1 fully saturated rings. The number of amides is 2. The van der Waals surface area contributed by atoms with Crippen LogP contribution in [0.2, 0.25) is 15.1 Å². The lowest BCUT2D eigenvalue weighted by molar-refractivity contribution is 0.215. The third kappa shape index (κ3) is 5.93. The first kappa shape index (κ1) is 24.6. The SMILES string of the molecule is Cc1nc(C)c(Cc2ccc(Cl)cc2)c(N2CCCN(C(=O)Nc3ccc(Cl)c(Cl)c3)CC2)n1. The van der Waals surface area contributed by atoms with Crippen LogP contribution in [0, 0.1) is 13.8 Å². The molecule has 2 aromatic carbocycles. The molecule has 9 heteroatoms. The number of aromatic nitrogens is 2. The molecular formula is C25H26Cl3N5O. The Morgan fingerprint density at radius 3 is 2.44 bits per heavy atom. The Bertz CT molecular complexity index is 1190. The smallest absolute Gasteiger partial charge is 0.321 e. The molecule has 1 aromatic heterocycles. The molecule has 4 rings (SSSR count). The van der Waals surface area contributed by atoms with Gasteiger partial charge in [-0.25, -0.2) is 14.8 Å². The lowest BCUT2D eigenvalue weighted by atomic mass is 10.0. The summed E-state index contributed by atoms with van der Waals surface area (Å²) in [6.07, 6.45) is 1.55. The van der Waals surface area contributed by atoms with Crippen LogP contribution in [0.5, 0.6) is 0 Å². The molecule has 1 N–H and O–H groups in total. The zero-order valence-corrected chi connectivity index (χ0v) is 21.4. The lowest BCUT2D eigenvalue weighted by Gasteiger charge is -2.26. The van der Waals surface area contributed by atoms with E-state index < -0.39 is 0 Å². The molecular weight excluding hydrogens is 493 g/mol. The third-order valence-electron chi connectivity index (χ3n) is 5.85. The van der Waals surface area contributed by atoms with Crippen LogP contribution in [0.1, 0.15) is 29.1 Å². The number of hydrogen-bond acceptors (Lipinski definition) is 4. The van der Waals surface area contributed by atoms with Crippen LogP contribution in [-0.2, 0) is 6.42 Å². The zero-order valence-electron chi connectivity index (χ0n) is 19.1. The summed E-state index contributed by atoms with van der Waals surface area (Å²) < 4.78 is 0. The molecule has 0 spiro atoms. The van der Waals surface area contributed by atoms with Crippen molar-refractivity contribution in [1.29, 1.82) is 0 Å². The summed E-state index contributed by atoms with van der Waals surface area (Å²) in [7, 11) is 0. The van der Waals surface area contributed by atoms with Crippen molar-refractivity contribution in [3.05, 3.63) is 80.2 Å². The first-order valence-electron chi connectivity index (χ1n) is 11.1. The Kier molecular flexibility index (Phi) is 7.81. The summed E-state index contributed by atoms with van der Waals surface area (Å²) in [5.74, 6) is 1.68. The monoisotopic (exact) mass is 517 g/mol. The van der Waals surface area contributed by atoms with Crippen molar-refractivity contribution in [2.45, 2.75) is 26.7 Å². The van der Waals surface area contributed by atoms with Crippen LogP contribution >= 0.6 is 34.8 Å². The van der Waals surface area contributed by atoms with E-state index in [-0.39, 0.29) is 6.03 Å². The topological polar surface area (TPSA) is 61.4 Å². The summed E-state index contributed by atoms with van der Waals surface area (Å²) in [6, 6.07) is 12.8. The van der Waals surface area contributed by atoms with Crippen molar-refractivity contribution >= 4 is 52.3 Å². The molecule has 0 atom stereocenters. The highest BCUT2D eigenvalue weighted by atomic mass is 35.5. The van der Waals surface area contributed by atoms with Crippen molar-refractivity contribution in [3.8, 4) is 0 Å². The van der Waals surface area contributed by atoms with Gasteiger partial charge in [-0.3, -0.25) is 0 Å². The number of hydrogen-bond donors (Lipinski definition) is 1. The molecule has 0 saturated carbocycles. The van der Waals surface area contributed by atoms with Gasteiger partial charge in [0.2, 0.25) is 0 Å². The van der Waals surface area contributed by atoms with Gasteiger partial charge in [0.1, 0.15) is 11.6 Å². The zero-order chi connectivity index (χ0) is 24.2. The Morgan fingerprint density at radius 1 is 0.941 bits per heavy atom. The van der Waals surface area contributed by atoms with Gasteiger partial charge in [0.05, 0.1) is 10.0 Å². The van der Waals surface area contributed by atoms with Gasteiger partial charge in [-0.2, -0.15) is 0 Å². The first-order chi connectivity index (χ1) is 16.3. The summed E-state index contributed by atoms with van der Waals surface area (Å²) in [6.45, 7) is 6.66. The number of anilines is 2. The third-order valence-corrected chi connectivity index (χ3v) is 6.84. The fraction of sp³-hybridized carbons (Fsp3) is 0.320. The minimum absolute atomic E-state index is 0.156. The summed E-state index contributed by atoms with van der Waals surface area (Å²) in [5, 5.41) is 4.49. The van der Waals surface area contributed by atoms with Gasteiger partial charge in [-0.1, -0.05) is 46.9 Å². The van der Waals surface area contributed by atoms with E-state index in [0.29, 0.717) is 40.4 Å². The van der Waals surface area contributed by atoms with Gasteiger partial charge < -0.3 is 15.1 Å². The van der Waals surface area contributed by atoms with Gasteiger partial charge >= 0.3 is 6.03 Å². The van der Waals surface area contributed by atoms with Crippen LogP contribution in [0.15, 0.2) is 42.5 Å². The molecule has 6 nitrogen and oxygen atoms in total. The maximum Gasteiger partial charge on any atom is 0.321 e. The van der Waals surface area contributed by atoms with Crippen LogP contribution < -0.4 is 10.2 Å². The molecule has 1 aliphatic rings. The molecule has 0 bridgehead atoms. The number of carbonyl (C=O) groups excluding carboxylic acids is 1. The lowest BCUT2D eigenvalue weighted by Crippen LogP contribution is -2.38. The predicted octanol–water partition coefficient (Wildman–Crippen LogP) is 6.39. The van der Waals surface area contributed by atoms with Crippen LogP contribution in [0.4, 0.5) is 16.3 Å². The number of nitrogens with one attached hydrogen (secondary N) is 1. The van der Waals surface area contributed by atoms with Gasteiger partial charge in [0, 0.05) is 54.6 Å². The van der Waals surface area contributed by atoms with Crippen molar-refractivity contribution in [2.24, 2.45) is 0 Å². The van der Waals surface area contributed by atoms with E-state index in [1.165, 1.54) is 0 Å². The quantitative estimate of drug-likeness (QED) is 0.435. The molecule has 2 heterocycles. The van der Waals surface area contributed by atoms with Crippen LogP contribution in [0.3, 0.4) is 0 Å². The number of urea groups is 1. The van der Waals surface area contributed by atoms with Crippen molar-refractivity contribution in [2.75, 3.05) is 36.4 Å². The highest BCUT2D eigenvalue weighted by Crippen LogP contribution is 2.27. The summed E-state index contributed by atoms with van der Waals surface area (Å²) in [4.78, 5) is 26.4. The Balaban J connectivity index is 1.49. The second-order valence-electron chi connectivity index (χ2n) is 8.35. The molecule has 0 radical (unpaired) electrons. The average Bonchev–Trinajstić information content (AvgIpc) is 3.06. The van der Waals surface area contributed by atoms with E-state index in [4.69, 9.17) is 39.8 Å². The van der Waals surface area contributed by atoms with Gasteiger partial charge in [0.15, 0.2) is 0 Å².